The van der Waals surface area contributed by atoms with E-state index >= 15 is 0 Å². The average Bonchev–Trinajstić information content (AvgIpc) is 3.16. The highest BCUT2D eigenvalue weighted by Gasteiger charge is 2.30. The van der Waals surface area contributed by atoms with Crippen molar-refractivity contribution in [2.24, 2.45) is 0 Å². The summed E-state index contributed by atoms with van der Waals surface area (Å²) < 4.78 is 4.75. The Morgan fingerprint density at radius 2 is 2.38 bits per heavy atom. The summed E-state index contributed by atoms with van der Waals surface area (Å²) in [7, 11) is 0. The normalized spacial score (nSPS) is 18.0. The highest BCUT2D eigenvalue weighted by Crippen LogP contribution is 2.20. The molecule has 0 aliphatic carbocycles. The Bertz CT molecular complexity index is 612. The molecule has 6 nitrogen and oxygen atoms in total. The molecular formula is C15H18N4O2. The lowest BCUT2D eigenvalue weighted by Crippen LogP contribution is -2.39. The standard InChI is InChI=1S/C15H18N4O2/c1-11-4-2-6-14(17-11)16-10-12-5-3-8-19(12)15(20)13-7-9-21-18-13/h2,4,6-7,9,12H,3,5,8,10H2,1H3,(H,16,17). The first kappa shape index (κ1) is 13.6. The highest BCUT2D eigenvalue weighted by molar-refractivity contribution is 5.92. The third-order valence-electron chi connectivity index (χ3n) is 3.70. The van der Waals surface area contributed by atoms with Gasteiger partial charge in [0, 0.05) is 30.9 Å². The maximum atomic E-state index is 12.3. The molecule has 1 aliphatic heterocycles. The van der Waals surface area contributed by atoms with Crippen LogP contribution in [-0.4, -0.2) is 40.1 Å². The number of nitrogens with one attached hydrogen (secondary N) is 1. The van der Waals surface area contributed by atoms with Gasteiger partial charge in [0.15, 0.2) is 5.69 Å². The van der Waals surface area contributed by atoms with Crippen molar-refractivity contribution >= 4 is 11.7 Å². The number of aromatic nitrogens is 2. The second kappa shape index (κ2) is 5.95. The largest absolute Gasteiger partial charge is 0.368 e. The fourth-order valence-electron chi connectivity index (χ4n) is 2.65. The molecule has 1 fully saturated rings. The molecule has 0 bridgehead atoms. The maximum absolute atomic E-state index is 12.3. The zero-order valence-electron chi connectivity index (χ0n) is 12.0. The molecule has 1 amide bonds. The Labute approximate surface area is 123 Å². The minimum atomic E-state index is -0.0646. The topological polar surface area (TPSA) is 71.3 Å². The van der Waals surface area contributed by atoms with E-state index < -0.39 is 0 Å². The Kier molecular flexibility index (Phi) is 3.85. The third kappa shape index (κ3) is 3.04. The Balaban J connectivity index is 1.63. The summed E-state index contributed by atoms with van der Waals surface area (Å²) in [6.45, 7) is 3.42. The van der Waals surface area contributed by atoms with E-state index in [-0.39, 0.29) is 11.9 Å². The first-order valence-electron chi connectivity index (χ1n) is 7.13. The molecule has 1 unspecified atom stereocenters. The fourth-order valence-corrected chi connectivity index (χ4v) is 2.65. The molecule has 1 atom stereocenters. The van der Waals surface area contributed by atoms with E-state index in [9.17, 15) is 4.79 Å². The maximum Gasteiger partial charge on any atom is 0.276 e. The lowest BCUT2D eigenvalue weighted by molar-refractivity contribution is 0.0733. The first-order valence-corrected chi connectivity index (χ1v) is 7.13. The predicted octanol–water partition coefficient (Wildman–Crippen LogP) is 2.09. The molecule has 2 aromatic heterocycles. The van der Waals surface area contributed by atoms with Crippen LogP contribution in [0.5, 0.6) is 0 Å². The van der Waals surface area contributed by atoms with Crippen molar-refractivity contribution in [3.05, 3.63) is 41.9 Å². The lowest BCUT2D eigenvalue weighted by atomic mass is 10.2. The van der Waals surface area contributed by atoms with E-state index in [2.05, 4.69) is 15.5 Å². The van der Waals surface area contributed by atoms with E-state index in [0.29, 0.717) is 12.2 Å². The molecule has 3 rings (SSSR count). The van der Waals surface area contributed by atoms with Crippen molar-refractivity contribution in [2.45, 2.75) is 25.8 Å². The van der Waals surface area contributed by atoms with E-state index in [1.807, 2.05) is 30.0 Å². The van der Waals surface area contributed by atoms with E-state index in [4.69, 9.17) is 4.52 Å². The van der Waals surface area contributed by atoms with Crippen molar-refractivity contribution in [1.29, 1.82) is 0 Å². The van der Waals surface area contributed by atoms with Gasteiger partial charge in [-0.1, -0.05) is 11.2 Å². The number of aryl methyl sites for hydroxylation is 1. The minimum absolute atomic E-state index is 0.0646. The van der Waals surface area contributed by atoms with Gasteiger partial charge in [0.25, 0.3) is 5.91 Å². The van der Waals surface area contributed by atoms with Crippen molar-refractivity contribution in [2.75, 3.05) is 18.4 Å². The average molecular weight is 286 g/mol. The van der Waals surface area contributed by atoms with Gasteiger partial charge in [0.05, 0.1) is 0 Å². The van der Waals surface area contributed by atoms with Crippen LogP contribution in [0.2, 0.25) is 0 Å². The molecule has 0 radical (unpaired) electrons. The molecule has 2 aromatic rings. The molecule has 21 heavy (non-hydrogen) atoms. The van der Waals surface area contributed by atoms with Crippen LogP contribution in [0.3, 0.4) is 0 Å². The number of carbonyl (C=O) groups is 1. The van der Waals surface area contributed by atoms with Crippen LogP contribution in [0.25, 0.3) is 0 Å². The second-order valence-electron chi connectivity index (χ2n) is 5.22. The number of amides is 1. The smallest absolute Gasteiger partial charge is 0.276 e. The number of likely N-dealkylation sites (tertiary alicyclic amines) is 1. The van der Waals surface area contributed by atoms with Crippen LogP contribution in [0.15, 0.2) is 35.1 Å². The monoisotopic (exact) mass is 286 g/mol. The van der Waals surface area contributed by atoms with E-state index in [0.717, 1.165) is 30.9 Å². The summed E-state index contributed by atoms with van der Waals surface area (Å²) in [5.74, 6) is 0.779. The van der Waals surface area contributed by atoms with Gasteiger partial charge in [-0.15, -0.1) is 0 Å². The fraction of sp³-hybridized carbons (Fsp3) is 0.400. The van der Waals surface area contributed by atoms with Crippen molar-refractivity contribution < 1.29 is 9.32 Å². The summed E-state index contributed by atoms with van der Waals surface area (Å²) in [5.41, 5.74) is 1.34. The van der Waals surface area contributed by atoms with Crippen LogP contribution in [0, 0.1) is 6.92 Å². The zero-order chi connectivity index (χ0) is 14.7. The number of nitrogens with zero attached hydrogens (tertiary/aromatic N) is 3. The molecular weight excluding hydrogens is 268 g/mol. The van der Waals surface area contributed by atoms with Gasteiger partial charge in [-0.2, -0.15) is 0 Å². The van der Waals surface area contributed by atoms with Gasteiger partial charge in [-0.25, -0.2) is 4.98 Å². The summed E-state index contributed by atoms with van der Waals surface area (Å²) in [6.07, 6.45) is 3.42. The van der Waals surface area contributed by atoms with Gasteiger partial charge in [-0.3, -0.25) is 4.79 Å². The predicted molar refractivity (Wildman–Crippen MR) is 78.0 cm³/mol. The Hall–Kier alpha value is -2.37. The summed E-state index contributed by atoms with van der Waals surface area (Å²) >= 11 is 0. The molecule has 1 saturated heterocycles. The third-order valence-corrected chi connectivity index (χ3v) is 3.70. The first-order chi connectivity index (χ1) is 10.2. The molecule has 1 N–H and O–H groups in total. The number of pyridine rings is 1. The Morgan fingerprint density at radius 3 is 3.14 bits per heavy atom. The summed E-state index contributed by atoms with van der Waals surface area (Å²) in [4.78, 5) is 18.6. The zero-order valence-corrected chi connectivity index (χ0v) is 12.0. The molecule has 110 valence electrons. The summed E-state index contributed by atoms with van der Waals surface area (Å²) in [6, 6.07) is 7.63. The van der Waals surface area contributed by atoms with Crippen molar-refractivity contribution in [1.82, 2.24) is 15.0 Å². The number of rotatable bonds is 4. The van der Waals surface area contributed by atoms with E-state index in [1.165, 1.54) is 6.26 Å². The quantitative estimate of drug-likeness (QED) is 0.932. The molecule has 0 aromatic carbocycles. The number of carbonyl (C=O) groups excluding carboxylic acids is 1. The molecule has 0 saturated carbocycles. The SMILES string of the molecule is Cc1cccc(NCC2CCCN2C(=O)c2ccon2)n1. The van der Waals surface area contributed by atoms with Crippen LogP contribution in [0.4, 0.5) is 5.82 Å². The Morgan fingerprint density at radius 1 is 1.48 bits per heavy atom. The highest BCUT2D eigenvalue weighted by atomic mass is 16.5. The lowest BCUT2D eigenvalue weighted by Gasteiger charge is -2.24. The molecule has 6 heteroatoms. The van der Waals surface area contributed by atoms with E-state index in [1.54, 1.807) is 6.07 Å². The number of anilines is 1. The van der Waals surface area contributed by atoms with Gasteiger partial charge in [-0.05, 0) is 31.9 Å². The van der Waals surface area contributed by atoms with Crippen molar-refractivity contribution in [3.8, 4) is 0 Å². The van der Waals surface area contributed by atoms with Crippen molar-refractivity contribution in [3.63, 3.8) is 0 Å². The van der Waals surface area contributed by atoms with Gasteiger partial charge >= 0.3 is 0 Å². The minimum Gasteiger partial charge on any atom is -0.368 e. The van der Waals surface area contributed by atoms with Gasteiger partial charge in [0.2, 0.25) is 0 Å². The second-order valence-corrected chi connectivity index (χ2v) is 5.22. The summed E-state index contributed by atoms with van der Waals surface area (Å²) in [5, 5.41) is 7.03. The molecule has 0 spiro atoms. The number of hydrogen-bond acceptors (Lipinski definition) is 5. The van der Waals surface area contributed by atoms with Crippen LogP contribution >= 0.6 is 0 Å². The molecule has 1 aliphatic rings. The van der Waals surface area contributed by atoms with Crippen LogP contribution < -0.4 is 5.32 Å². The van der Waals surface area contributed by atoms with Gasteiger partial charge < -0.3 is 14.7 Å². The molecule has 3 heterocycles. The number of hydrogen-bond donors (Lipinski definition) is 1. The van der Waals surface area contributed by atoms with Gasteiger partial charge in [0.1, 0.15) is 12.1 Å². The van der Waals surface area contributed by atoms with Crippen LogP contribution in [0.1, 0.15) is 29.0 Å². The van der Waals surface area contributed by atoms with Crippen LogP contribution in [-0.2, 0) is 0 Å².